The van der Waals surface area contributed by atoms with Crippen molar-refractivity contribution in [3.63, 3.8) is 0 Å². The number of nitrogens with one attached hydrogen (secondary N) is 3. The molecule has 0 unspecified atom stereocenters. The number of aromatic nitrogens is 3. The van der Waals surface area contributed by atoms with Crippen molar-refractivity contribution < 1.29 is 4.79 Å². The predicted octanol–water partition coefficient (Wildman–Crippen LogP) is 2.74. The largest absolute Gasteiger partial charge is 0.369 e. The van der Waals surface area contributed by atoms with E-state index in [1.54, 1.807) is 6.20 Å². The predicted molar refractivity (Wildman–Crippen MR) is 86.5 cm³/mol. The fourth-order valence-electron chi connectivity index (χ4n) is 2.07. The van der Waals surface area contributed by atoms with Crippen LogP contribution in [0.4, 0.5) is 5.95 Å². The maximum atomic E-state index is 12.1. The molecule has 0 saturated carbocycles. The van der Waals surface area contributed by atoms with Crippen LogP contribution in [-0.2, 0) is 0 Å². The first-order valence-electron chi connectivity index (χ1n) is 5.54. The Labute approximate surface area is 139 Å². The highest BCUT2D eigenvalue weighted by molar-refractivity contribution is 9.13. The third-order valence-corrected chi connectivity index (χ3v) is 5.51. The van der Waals surface area contributed by atoms with Crippen molar-refractivity contribution in [1.82, 2.24) is 20.3 Å². The van der Waals surface area contributed by atoms with E-state index in [0.29, 0.717) is 22.8 Å². The maximum absolute atomic E-state index is 12.1. The molecule has 104 valence electrons. The van der Waals surface area contributed by atoms with E-state index in [9.17, 15) is 4.79 Å². The van der Waals surface area contributed by atoms with Crippen LogP contribution in [0.5, 0.6) is 0 Å². The van der Waals surface area contributed by atoms with Crippen molar-refractivity contribution in [3.05, 3.63) is 36.7 Å². The number of rotatable bonds is 1. The molecule has 6 nitrogen and oxygen atoms in total. The fraction of sp³-hybridized carbons (Fsp3) is 0.0909. The zero-order valence-electron chi connectivity index (χ0n) is 9.85. The lowest BCUT2D eigenvalue weighted by Gasteiger charge is -2.07. The highest BCUT2D eigenvalue weighted by Gasteiger charge is 2.28. The van der Waals surface area contributed by atoms with Crippen LogP contribution in [-0.4, -0.2) is 27.4 Å². The molecule has 0 bridgehead atoms. The van der Waals surface area contributed by atoms with Gasteiger partial charge in [-0.1, -0.05) is 15.9 Å². The van der Waals surface area contributed by atoms with E-state index in [2.05, 4.69) is 68.1 Å². The molecule has 0 radical (unpaired) electrons. The lowest BCUT2D eigenvalue weighted by molar-refractivity contribution is 0.0954. The average Bonchev–Trinajstić information content (AvgIpc) is 2.91. The zero-order valence-corrected chi connectivity index (χ0v) is 14.6. The smallest absolute Gasteiger partial charge is 0.268 e. The standard InChI is InChI=1S/C11H8Br3N5O/c12-3-1-16-10(20)8-6(7(13)9(14)19-8)5(3)4-2-17-11(15)18-4/h2,19H,1H2,(H,16,20)(H3,15,17,18). The van der Waals surface area contributed by atoms with E-state index in [0.717, 1.165) is 25.8 Å². The third-order valence-electron chi connectivity index (χ3n) is 2.91. The van der Waals surface area contributed by atoms with Crippen molar-refractivity contribution in [2.45, 2.75) is 0 Å². The molecular formula is C11H8Br3N5O. The van der Waals surface area contributed by atoms with Crippen molar-refractivity contribution in [3.8, 4) is 0 Å². The number of amides is 1. The molecule has 9 heteroatoms. The van der Waals surface area contributed by atoms with Crippen LogP contribution in [0.25, 0.3) is 5.57 Å². The maximum Gasteiger partial charge on any atom is 0.268 e. The minimum Gasteiger partial charge on any atom is -0.369 e. The van der Waals surface area contributed by atoms with Gasteiger partial charge in [0.25, 0.3) is 5.91 Å². The minimum atomic E-state index is -0.175. The molecule has 2 aromatic heterocycles. The monoisotopic (exact) mass is 463 g/mol. The van der Waals surface area contributed by atoms with Crippen LogP contribution in [0.3, 0.4) is 0 Å². The molecule has 0 fully saturated rings. The zero-order chi connectivity index (χ0) is 14.4. The lowest BCUT2D eigenvalue weighted by atomic mass is 10.0. The van der Waals surface area contributed by atoms with E-state index in [4.69, 9.17) is 5.73 Å². The molecule has 0 saturated heterocycles. The van der Waals surface area contributed by atoms with Gasteiger partial charge in [-0.2, -0.15) is 0 Å². The van der Waals surface area contributed by atoms with Gasteiger partial charge >= 0.3 is 0 Å². The Hall–Kier alpha value is -1.06. The molecule has 3 rings (SSSR count). The summed E-state index contributed by atoms with van der Waals surface area (Å²) in [6.45, 7) is 0.389. The van der Waals surface area contributed by atoms with Gasteiger partial charge < -0.3 is 21.0 Å². The summed E-state index contributed by atoms with van der Waals surface area (Å²) in [6, 6.07) is 0. The summed E-state index contributed by atoms with van der Waals surface area (Å²) in [7, 11) is 0. The van der Waals surface area contributed by atoms with Crippen LogP contribution in [0.15, 0.2) is 19.8 Å². The van der Waals surface area contributed by atoms with Gasteiger partial charge in [0, 0.05) is 15.6 Å². The number of nitrogens with zero attached hydrogens (tertiary/aromatic N) is 1. The van der Waals surface area contributed by atoms with E-state index in [1.165, 1.54) is 0 Å². The Kier molecular flexibility index (Phi) is 3.51. The number of hydrogen-bond acceptors (Lipinski definition) is 3. The molecule has 0 aromatic carbocycles. The van der Waals surface area contributed by atoms with E-state index in [1.807, 2.05) is 0 Å². The molecule has 2 aromatic rings. The Morgan fingerprint density at radius 1 is 1.25 bits per heavy atom. The Morgan fingerprint density at radius 3 is 2.65 bits per heavy atom. The number of aromatic amines is 2. The first-order valence-corrected chi connectivity index (χ1v) is 7.92. The molecule has 20 heavy (non-hydrogen) atoms. The topological polar surface area (TPSA) is 99.6 Å². The minimum absolute atomic E-state index is 0.175. The number of H-pyrrole nitrogens is 2. The van der Waals surface area contributed by atoms with Gasteiger partial charge in [-0.3, -0.25) is 4.79 Å². The number of halogens is 3. The summed E-state index contributed by atoms with van der Waals surface area (Å²) in [5.41, 5.74) is 8.44. The number of carbonyl (C=O) groups is 1. The van der Waals surface area contributed by atoms with Gasteiger partial charge in [0.15, 0.2) is 5.95 Å². The van der Waals surface area contributed by atoms with Crippen LogP contribution in [0, 0.1) is 0 Å². The number of fused-ring (bicyclic) bond motifs is 1. The summed E-state index contributed by atoms with van der Waals surface area (Å²) in [5.74, 6) is 0.148. The van der Waals surface area contributed by atoms with Gasteiger partial charge in [-0.05, 0) is 31.9 Å². The number of hydrogen-bond donors (Lipinski definition) is 4. The quantitative estimate of drug-likeness (QED) is 0.521. The number of carbonyl (C=O) groups excluding carboxylic acids is 1. The van der Waals surface area contributed by atoms with Crippen molar-refractivity contribution in [1.29, 1.82) is 0 Å². The first-order chi connectivity index (χ1) is 9.49. The number of anilines is 1. The Bertz CT molecular complexity index is 745. The number of imidazole rings is 1. The molecule has 5 N–H and O–H groups in total. The summed E-state index contributed by atoms with van der Waals surface area (Å²) in [5, 5.41) is 2.82. The van der Waals surface area contributed by atoms with Crippen LogP contribution < -0.4 is 11.1 Å². The summed E-state index contributed by atoms with van der Waals surface area (Å²) in [4.78, 5) is 22.1. The highest BCUT2D eigenvalue weighted by Crippen LogP contribution is 2.40. The summed E-state index contributed by atoms with van der Waals surface area (Å²) >= 11 is 10.4. The van der Waals surface area contributed by atoms with Gasteiger partial charge in [-0.25, -0.2) is 4.98 Å². The Balaban J connectivity index is 2.31. The lowest BCUT2D eigenvalue weighted by Crippen LogP contribution is -2.23. The molecule has 1 amide bonds. The van der Waals surface area contributed by atoms with Crippen molar-refractivity contribution >= 4 is 65.2 Å². The second-order valence-electron chi connectivity index (χ2n) is 4.15. The fourth-order valence-corrected chi connectivity index (χ4v) is 3.51. The van der Waals surface area contributed by atoms with Crippen LogP contribution in [0.1, 0.15) is 21.7 Å². The molecule has 0 atom stereocenters. The molecule has 1 aliphatic rings. The van der Waals surface area contributed by atoms with Crippen molar-refractivity contribution in [2.75, 3.05) is 12.3 Å². The SMILES string of the molecule is Nc1ncc(C2=C(Br)CNC(=O)c3[nH]c(Br)c(Br)c32)[nH]1. The molecule has 0 spiro atoms. The first kappa shape index (κ1) is 13.9. The molecule has 0 aliphatic carbocycles. The van der Waals surface area contributed by atoms with E-state index >= 15 is 0 Å². The van der Waals surface area contributed by atoms with Crippen LogP contribution >= 0.6 is 47.8 Å². The van der Waals surface area contributed by atoms with Gasteiger partial charge in [-0.15, -0.1) is 0 Å². The Morgan fingerprint density at radius 2 is 2.00 bits per heavy atom. The molecular weight excluding hydrogens is 458 g/mol. The van der Waals surface area contributed by atoms with Gasteiger partial charge in [0.2, 0.25) is 0 Å². The van der Waals surface area contributed by atoms with Crippen molar-refractivity contribution in [2.24, 2.45) is 0 Å². The second kappa shape index (κ2) is 5.05. The van der Waals surface area contributed by atoms with E-state index in [-0.39, 0.29) is 5.91 Å². The van der Waals surface area contributed by atoms with Gasteiger partial charge in [0.1, 0.15) is 5.69 Å². The van der Waals surface area contributed by atoms with Gasteiger partial charge in [0.05, 0.1) is 27.5 Å². The average molecular weight is 466 g/mol. The normalized spacial score (nSPS) is 15.1. The second-order valence-corrected chi connectivity index (χ2v) is 6.69. The summed E-state index contributed by atoms with van der Waals surface area (Å²) < 4.78 is 2.30. The molecule has 1 aliphatic heterocycles. The number of nitrogens with two attached hydrogens (primary N) is 1. The highest BCUT2D eigenvalue weighted by atomic mass is 79.9. The number of nitrogen functional groups attached to an aromatic ring is 1. The van der Waals surface area contributed by atoms with E-state index < -0.39 is 0 Å². The summed E-state index contributed by atoms with van der Waals surface area (Å²) in [6.07, 6.45) is 1.64. The molecule has 3 heterocycles. The van der Waals surface area contributed by atoms with Crippen LogP contribution in [0.2, 0.25) is 0 Å². The third kappa shape index (κ3) is 2.13.